The maximum Gasteiger partial charge on any atom is 0.144 e. The van der Waals surface area contributed by atoms with Crippen LogP contribution in [-0.4, -0.2) is 15.0 Å². The summed E-state index contributed by atoms with van der Waals surface area (Å²) in [6.07, 6.45) is -15.2. The highest BCUT2D eigenvalue weighted by molar-refractivity contribution is 6.13. The summed E-state index contributed by atoms with van der Waals surface area (Å²) in [5.74, 6) is 0. The van der Waals surface area contributed by atoms with E-state index in [1.165, 1.54) is 42.5 Å². The van der Waals surface area contributed by atoms with Crippen LogP contribution < -0.4 is 0 Å². The van der Waals surface area contributed by atoms with Crippen LogP contribution in [0.1, 0.15) is 67.8 Å². The Hall–Kier alpha value is -8.45. The van der Waals surface area contributed by atoms with E-state index in [1.807, 2.05) is 18.2 Å². The Morgan fingerprint density at radius 2 is 0.938 bits per heavy atom. The number of para-hydroxylation sites is 1. The molecule has 0 fully saturated rings. The van der Waals surface area contributed by atoms with Gasteiger partial charge in [0.05, 0.1) is 47.2 Å². The Balaban J connectivity index is 1.07. The first-order valence-electron chi connectivity index (χ1n) is 28.8. The summed E-state index contributed by atoms with van der Waals surface area (Å²) in [5, 5.41) is 20.5. The molecule has 0 radical (unpaired) electrons. The van der Waals surface area contributed by atoms with Crippen LogP contribution in [0.2, 0.25) is 0 Å². The topological polar surface area (TPSA) is 99.4 Å². The van der Waals surface area contributed by atoms with Crippen LogP contribution in [0.5, 0.6) is 0 Å². The monoisotopic (exact) mass is 854 g/mol. The zero-order chi connectivity index (χ0) is 59.1. The Morgan fingerprint density at radius 3 is 1.42 bits per heavy atom. The molecule has 4 heterocycles. The molecule has 310 valence electrons. The number of furan rings is 1. The molecule has 10 aromatic rings. The molecule has 0 aliphatic rings. The number of hydrogen-bond donors (Lipinski definition) is 0. The summed E-state index contributed by atoms with van der Waals surface area (Å²) >= 11 is 0. The van der Waals surface area contributed by atoms with E-state index in [4.69, 9.17) is 11.3 Å². The number of hydrogen-bond acceptors (Lipinski definition) is 6. The maximum atomic E-state index is 10.3. The van der Waals surface area contributed by atoms with E-state index in [-0.39, 0.29) is 67.2 Å². The lowest BCUT2D eigenvalue weighted by Crippen LogP contribution is -2.00. The van der Waals surface area contributed by atoms with Gasteiger partial charge in [0.25, 0.3) is 0 Å². The predicted octanol–water partition coefficient (Wildman–Crippen LogP) is 13.5. The SMILES string of the molecule is [2H]c1cc2c(oc3c(-c4ccc(C([2H])([2H])C([2H])([2H])c5cc(C([2H])([2H])C([2H])([2H])c6ccc(-c7ccccc7)nc6)cc(C([2H])([2H])C([2H])([2H])c6ccc(-c7ccccc7)nc6)c5)cn4)cccc32)c(-c2c([2H])c([2H])c(C#N)c([2H])c2[2H])c1C#N. The fraction of sp³-hybridized carbons (Fsp3) is 0.102. The molecule has 0 saturated heterocycles. The van der Waals surface area contributed by atoms with Crippen molar-refractivity contribution in [3.8, 4) is 57.0 Å². The van der Waals surface area contributed by atoms with Crippen molar-refractivity contribution in [2.75, 3.05) is 0 Å². The van der Waals surface area contributed by atoms with Crippen LogP contribution >= 0.6 is 0 Å². The van der Waals surface area contributed by atoms with Gasteiger partial charge in [-0.1, -0.05) is 121 Å². The van der Waals surface area contributed by atoms with Crippen LogP contribution in [0.15, 0.2) is 193 Å². The lowest BCUT2D eigenvalue weighted by Gasteiger charge is -2.12. The van der Waals surface area contributed by atoms with Crippen molar-refractivity contribution in [2.45, 2.75) is 38.2 Å². The highest BCUT2D eigenvalue weighted by atomic mass is 16.3. The highest BCUT2D eigenvalue weighted by Gasteiger charge is 2.19. The number of pyridine rings is 3. The molecule has 0 unspecified atom stereocenters. The summed E-state index contributed by atoms with van der Waals surface area (Å²) < 4.78 is 163. The standard InChI is InChI=1S/C59H43N5O/c60-35-40-20-25-49(26-21-40)57-50(36-61)27-28-52-51-12-7-13-53(58(51)65-59(52)57)56-31-24-43(39-64-56)16-19-46-33-44(17-14-41-22-29-54(62-37-41)47-8-3-1-4-9-47)32-45(34-46)18-15-42-23-30-55(63-38-42)48-10-5-2-6-11-48/h1-13,20-34,37-39H,14-19H2/i14D2,15D2,16D2,17D2,18D2,19D2,20D,21D,25D,26D,27D. The number of fused-ring (bicyclic) bond motifs is 3. The van der Waals surface area contributed by atoms with Gasteiger partial charge in [0.15, 0.2) is 0 Å². The first-order chi connectivity index (χ1) is 38.7. The first kappa shape index (κ1) is 25.6. The molecule has 6 aromatic carbocycles. The summed E-state index contributed by atoms with van der Waals surface area (Å²) in [5.41, 5.74) is -1.38. The molecule has 65 heavy (non-hydrogen) atoms. The first-order valence-corrected chi connectivity index (χ1v) is 20.3. The van der Waals surface area contributed by atoms with Crippen LogP contribution in [0, 0.1) is 22.7 Å². The van der Waals surface area contributed by atoms with Gasteiger partial charge in [-0.25, -0.2) is 0 Å². The molecular weight excluding hydrogens is 795 g/mol. The average molecular weight is 855 g/mol. The zero-order valence-corrected chi connectivity index (χ0v) is 34.2. The molecule has 10 rings (SSSR count). The number of benzene rings is 6. The highest BCUT2D eigenvalue weighted by Crippen LogP contribution is 2.41. The van der Waals surface area contributed by atoms with E-state index in [0.717, 1.165) is 36.8 Å². The van der Waals surface area contributed by atoms with Crippen molar-refractivity contribution in [1.29, 1.82) is 10.5 Å². The van der Waals surface area contributed by atoms with Gasteiger partial charge in [-0.3, -0.25) is 15.0 Å². The smallest absolute Gasteiger partial charge is 0.144 e. The molecule has 0 saturated carbocycles. The second-order valence-electron chi connectivity index (χ2n) is 14.6. The van der Waals surface area contributed by atoms with E-state index in [9.17, 15) is 27.0 Å². The third kappa shape index (κ3) is 8.93. The van der Waals surface area contributed by atoms with Crippen LogP contribution in [-0.2, 0) is 38.2 Å². The van der Waals surface area contributed by atoms with E-state index in [0.29, 0.717) is 27.9 Å². The molecule has 6 nitrogen and oxygen atoms in total. The Bertz CT molecular complexity index is 4080. The normalized spacial score (nSPS) is 16.2. The molecule has 0 aliphatic heterocycles. The summed E-state index contributed by atoms with van der Waals surface area (Å²) in [6, 6.07) is 35.9. The third-order valence-electron chi connectivity index (χ3n) is 10.4. The van der Waals surface area contributed by atoms with Gasteiger partial charge in [0.2, 0.25) is 0 Å². The van der Waals surface area contributed by atoms with Crippen LogP contribution in [0.3, 0.4) is 0 Å². The van der Waals surface area contributed by atoms with Crippen molar-refractivity contribution in [3.05, 3.63) is 233 Å². The van der Waals surface area contributed by atoms with Gasteiger partial charge in [-0.2, -0.15) is 10.5 Å². The van der Waals surface area contributed by atoms with Crippen LogP contribution in [0.4, 0.5) is 0 Å². The minimum absolute atomic E-state index is 0.0755. The number of rotatable bonds is 13. The molecule has 0 spiro atoms. The van der Waals surface area contributed by atoms with Crippen molar-refractivity contribution in [3.63, 3.8) is 0 Å². The number of nitriles is 2. The van der Waals surface area contributed by atoms with Gasteiger partial charge in [-0.05, 0) is 126 Å². The molecule has 0 bridgehead atoms. The number of aryl methyl sites for hydroxylation is 6. The van der Waals surface area contributed by atoms with E-state index in [2.05, 4.69) is 15.0 Å². The molecule has 0 N–H and O–H groups in total. The van der Waals surface area contributed by atoms with Crippen molar-refractivity contribution in [2.24, 2.45) is 0 Å². The molecule has 6 heteroatoms. The largest absolute Gasteiger partial charge is 0.455 e. The maximum absolute atomic E-state index is 10.3. The van der Waals surface area contributed by atoms with Gasteiger partial charge < -0.3 is 4.42 Å². The van der Waals surface area contributed by atoms with Crippen LogP contribution in [0.25, 0.3) is 66.8 Å². The van der Waals surface area contributed by atoms with Crippen molar-refractivity contribution in [1.82, 2.24) is 15.0 Å². The fourth-order valence-corrected chi connectivity index (χ4v) is 7.22. The zero-order valence-electron chi connectivity index (χ0n) is 51.2. The minimum atomic E-state index is -3.23. The number of aromatic nitrogens is 3. The van der Waals surface area contributed by atoms with E-state index < -0.39 is 84.7 Å². The molecule has 0 atom stereocenters. The molecule has 4 aromatic heterocycles. The molecular formula is C59H43N5O. The third-order valence-corrected chi connectivity index (χ3v) is 10.4. The quantitative estimate of drug-likeness (QED) is 0.115. The Kier molecular flexibility index (Phi) is 7.28. The van der Waals surface area contributed by atoms with E-state index >= 15 is 0 Å². The van der Waals surface area contributed by atoms with Gasteiger partial charge >= 0.3 is 0 Å². The summed E-state index contributed by atoms with van der Waals surface area (Å²) in [6.45, 7) is 0. The molecule has 0 amide bonds. The average Bonchev–Trinajstić information content (AvgIpc) is 3.83. The van der Waals surface area contributed by atoms with Gasteiger partial charge in [0, 0.05) is 68.1 Å². The summed E-state index contributed by atoms with van der Waals surface area (Å²) in [4.78, 5) is 13.3. The predicted molar refractivity (Wildman–Crippen MR) is 260 cm³/mol. The van der Waals surface area contributed by atoms with E-state index in [1.54, 1.807) is 72.8 Å². The van der Waals surface area contributed by atoms with Gasteiger partial charge in [-0.15, -0.1) is 0 Å². The Labute approximate surface area is 402 Å². The van der Waals surface area contributed by atoms with Gasteiger partial charge in [0.1, 0.15) is 11.2 Å². The fourth-order valence-electron chi connectivity index (χ4n) is 7.22. The summed E-state index contributed by atoms with van der Waals surface area (Å²) in [7, 11) is 0. The lowest BCUT2D eigenvalue weighted by molar-refractivity contribution is 0.670. The molecule has 0 aliphatic carbocycles. The Morgan fingerprint density at radius 1 is 0.446 bits per heavy atom. The second-order valence-corrected chi connectivity index (χ2v) is 14.6. The second kappa shape index (κ2) is 18.5. The number of nitrogens with zero attached hydrogens (tertiary/aromatic N) is 5. The van der Waals surface area contributed by atoms with Crippen molar-refractivity contribution >= 4 is 21.9 Å². The van der Waals surface area contributed by atoms with Crippen molar-refractivity contribution < 1.29 is 27.7 Å². The lowest BCUT2D eigenvalue weighted by atomic mass is 9.94. The minimum Gasteiger partial charge on any atom is -0.455 e.